The van der Waals surface area contributed by atoms with Gasteiger partial charge in [0.2, 0.25) is 5.76 Å². The Kier molecular flexibility index (Phi) is 5.47. The molecule has 0 aromatic carbocycles. The van der Waals surface area contributed by atoms with Crippen molar-refractivity contribution in [3.63, 3.8) is 0 Å². The Bertz CT molecular complexity index is 430. The molecule has 0 aliphatic carbocycles. The van der Waals surface area contributed by atoms with E-state index < -0.39 is 5.97 Å². The van der Waals surface area contributed by atoms with E-state index in [9.17, 15) is 4.79 Å². The average Bonchev–Trinajstić information content (AvgIpc) is 2.86. The van der Waals surface area contributed by atoms with Crippen LogP contribution in [0.1, 0.15) is 49.0 Å². The Morgan fingerprint density at radius 2 is 2.33 bits per heavy atom. The van der Waals surface area contributed by atoms with Crippen molar-refractivity contribution in [2.45, 2.75) is 38.8 Å². The Labute approximate surface area is 108 Å². The van der Waals surface area contributed by atoms with Crippen LogP contribution in [0.4, 0.5) is 0 Å². The zero-order valence-corrected chi connectivity index (χ0v) is 11.0. The van der Waals surface area contributed by atoms with Crippen LogP contribution in [-0.4, -0.2) is 19.1 Å². The third-order valence-electron chi connectivity index (χ3n) is 2.78. The first-order valence-corrected chi connectivity index (χ1v) is 5.99. The summed E-state index contributed by atoms with van der Waals surface area (Å²) >= 11 is 0. The van der Waals surface area contributed by atoms with E-state index in [1.807, 2.05) is 6.92 Å². The SMILES string of the molecule is C#CCC(CC)NC(C)c1ccc(C(=O)OC)o1. The minimum Gasteiger partial charge on any atom is -0.463 e. The lowest BCUT2D eigenvalue weighted by Crippen LogP contribution is -2.30. The molecule has 0 saturated carbocycles. The zero-order chi connectivity index (χ0) is 13.5. The second-order valence-corrected chi connectivity index (χ2v) is 4.10. The molecule has 0 saturated heterocycles. The second-order valence-electron chi connectivity index (χ2n) is 4.10. The highest BCUT2D eigenvalue weighted by atomic mass is 16.5. The molecule has 0 amide bonds. The first-order chi connectivity index (χ1) is 8.62. The van der Waals surface area contributed by atoms with Gasteiger partial charge in [0.15, 0.2) is 0 Å². The molecule has 2 unspecified atom stereocenters. The third kappa shape index (κ3) is 3.64. The normalized spacial score (nSPS) is 13.7. The predicted molar refractivity (Wildman–Crippen MR) is 69.1 cm³/mol. The van der Waals surface area contributed by atoms with Gasteiger partial charge in [-0.15, -0.1) is 12.3 Å². The molecule has 1 N–H and O–H groups in total. The molecule has 2 atom stereocenters. The van der Waals surface area contributed by atoms with Gasteiger partial charge in [-0.25, -0.2) is 4.79 Å². The number of rotatable bonds is 6. The Morgan fingerprint density at radius 3 is 2.89 bits per heavy atom. The van der Waals surface area contributed by atoms with Crippen LogP contribution in [0.3, 0.4) is 0 Å². The Balaban J connectivity index is 2.66. The number of furan rings is 1. The summed E-state index contributed by atoms with van der Waals surface area (Å²) in [5.74, 6) is 3.09. The van der Waals surface area contributed by atoms with Crippen molar-refractivity contribution in [2.75, 3.05) is 7.11 Å². The number of ether oxygens (including phenoxy) is 1. The fourth-order valence-corrected chi connectivity index (χ4v) is 1.69. The van der Waals surface area contributed by atoms with Crippen molar-refractivity contribution >= 4 is 5.97 Å². The fourth-order valence-electron chi connectivity index (χ4n) is 1.69. The smallest absolute Gasteiger partial charge is 0.373 e. The number of terminal acetylenes is 1. The maximum Gasteiger partial charge on any atom is 0.373 e. The molecule has 0 bridgehead atoms. The van der Waals surface area contributed by atoms with E-state index in [4.69, 9.17) is 10.8 Å². The molecule has 0 radical (unpaired) electrons. The minimum atomic E-state index is -0.468. The van der Waals surface area contributed by atoms with E-state index in [1.54, 1.807) is 12.1 Å². The van der Waals surface area contributed by atoms with Gasteiger partial charge in [0.1, 0.15) is 5.76 Å². The van der Waals surface area contributed by atoms with E-state index in [2.05, 4.69) is 22.9 Å². The van der Waals surface area contributed by atoms with Crippen LogP contribution in [0.5, 0.6) is 0 Å². The number of hydrogen-bond donors (Lipinski definition) is 1. The summed E-state index contributed by atoms with van der Waals surface area (Å²) in [5, 5.41) is 3.37. The highest BCUT2D eigenvalue weighted by Gasteiger charge is 2.17. The summed E-state index contributed by atoms with van der Waals surface area (Å²) < 4.78 is 10.0. The lowest BCUT2D eigenvalue weighted by molar-refractivity contribution is 0.0562. The standard InChI is InChI=1S/C14H19NO3/c1-5-7-11(6-2)15-10(3)12-8-9-13(18-12)14(16)17-4/h1,8-11,15H,6-7H2,2-4H3. The van der Waals surface area contributed by atoms with Gasteiger partial charge >= 0.3 is 5.97 Å². The zero-order valence-electron chi connectivity index (χ0n) is 11.0. The molecule has 1 aromatic rings. The van der Waals surface area contributed by atoms with Crippen LogP contribution < -0.4 is 5.32 Å². The van der Waals surface area contributed by atoms with Crippen molar-refractivity contribution in [1.29, 1.82) is 0 Å². The van der Waals surface area contributed by atoms with Gasteiger partial charge in [-0.1, -0.05) is 6.92 Å². The van der Waals surface area contributed by atoms with E-state index in [0.717, 1.165) is 6.42 Å². The van der Waals surface area contributed by atoms with Crippen molar-refractivity contribution in [1.82, 2.24) is 5.32 Å². The summed E-state index contributed by atoms with van der Waals surface area (Å²) in [4.78, 5) is 11.3. The molecule has 1 heterocycles. The van der Waals surface area contributed by atoms with Gasteiger partial charge in [0, 0.05) is 12.5 Å². The lowest BCUT2D eigenvalue weighted by Gasteiger charge is -2.18. The van der Waals surface area contributed by atoms with Crippen molar-refractivity contribution < 1.29 is 13.9 Å². The molecule has 0 aliphatic heterocycles. The molecule has 4 heteroatoms. The van der Waals surface area contributed by atoms with Gasteiger partial charge in [0.05, 0.1) is 13.2 Å². The molecule has 0 aliphatic rings. The van der Waals surface area contributed by atoms with Crippen molar-refractivity contribution in [3.05, 3.63) is 23.7 Å². The van der Waals surface area contributed by atoms with Crippen LogP contribution >= 0.6 is 0 Å². The van der Waals surface area contributed by atoms with Gasteiger partial charge in [0.25, 0.3) is 0 Å². The minimum absolute atomic E-state index is 0.00158. The first-order valence-electron chi connectivity index (χ1n) is 5.99. The molecule has 98 valence electrons. The van der Waals surface area contributed by atoms with E-state index >= 15 is 0 Å². The summed E-state index contributed by atoms with van der Waals surface area (Å²) in [7, 11) is 1.33. The van der Waals surface area contributed by atoms with E-state index in [0.29, 0.717) is 12.2 Å². The molecule has 18 heavy (non-hydrogen) atoms. The molecule has 1 aromatic heterocycles. The van der Waals surface area contributed by atoms with E-state index in [-0.39, 0.29) is 17.8 Å². The Morgan fingerprint density at radius 1 is 1.61 bits per heavy atom. The molecular formula is C14H19NO3. The van der Waals surface area contributed by atoms with Crippen molar-refractivity contribution in [3.8, 4) is 12.3 Å². The van der Waals surface area contributed by atoms with Crippen LogP contribution in [0.15, 0.2) is 16.5 Å². The topological polar surface area (TPSA) is 51.5 Å². The largest absolute Gasteiger partial charge is 0.463 e. The Hall–Kier alpha value is -1.73. The van der Waals surface area contributed by atoms with Crippen LogP contribution in [0.2, 0.25) is 0 Å². The van der Waals surface area contributed by atoms with Crippen LogP contribution in [-0.2, 0) is 4.74 Å². The molecule has 0 fully saturated rings. The number of hydrogen-bond acceptors (Lipinski definition) is 4. The number of nitrogens with one attached hydrogen (secondary N) is 1. The van der Waals surface area contributed by atoms with Crippen LogP contribution in [0, 0.1) is 12.3 Å². The average molecular weight is 249 g/mol. The number of esters is 1. The maximum absolute atomic E-state index is 11.3. The third-order valence-corrected chi connectivity index (χ3v) is 2.78. The summed E-state index contributed by atoms with van der Waals surface area (Å²) in [5.41, 5.74) is 0. The second kappa shape index (κ2) is 6.87. The number of carbonyl (C=O) groups is 1. The number of carbonyl (C=O) groups excluding carboxylic acids is 1. The van der Waals surface area contributed by atoms with Crippen molar-refractivity contribution in [2.24, 2.45) is 0 Å². The quantitative estimate of drug-likeness (QED) is 0.621. The lowest BCUT2D eigenvalue weighted by atomic mass is 10.1. The summed E-state index contributed by atoms with van der Waals surface area (Å²) in [6.07, 6.45) is 6.92. The van der Waals surface area contributed by atoms with E-state index in [1.165, 1.54) is 7.11 Å². The summed E-state index contributed by atoms with van der Waals surface area (Å²) in [6, 6.07) is 3.63. The highest BCUT2D eigenvalue weighted by Crippen LogP contribution is 2.18. The molecule has 1 rings (SSSR count). The highest BCUT2D eigenvalue weighted by molar-refractivity contribution is 5.86. The van der Waals surface area contributed by atoms with Gasteiger partial charge in [-0.3, -0.25) is 0 Å². The predicted octanol–water partition coefficient (Wildman–Crippen LogP) is 2.52. The monoisotopic (exact) mass is 249 g/mol. The maximum atomic E-state index is 11.3. The van der Waals surface area contributed by atoms with Gasteiger partial charge in [-0.2, -0.15) is 0 Å². The number of methoxy groups -OCH3 is 1. The van der Waals surface area contributed by atoms with Gasteiger partial charge in [-0.05, 0) is 25.5 Å². The molecule has 0 spiro atoms. The molecular weight excluding hydrogens is 230 g/mol. The fraction of sp³-hybridized carbons (Fsp3) is 0.500. The summed E-state index contributed by atoms with van der Waals surface area (Å²) in [6.45, 7) is 4.04. The first kappa shape index (κ1) is 14.3. The van der Waals surface area contributed by atoms with Gasteiger partial charge < -0.3 is 14.5 Å². The van der Waals surface area contributed by atoms with Crippen LogP contribution in [0.25, 0.3) is 0 Å². The molecule has 4 nitrogen and oxygen atoms in total.